The van der Waals surface area contributed by atoms with E-state index in [4.69, 9.17) is 0 Å². The minimum Gasteiger partial charge on any atom is -0.325 e. The molecule has 0 atom stereocenters. The molecule has 0 radical (unpaired) electrons. The van der Waals surface area contributed by atoms with E-state index in [1.165, 1.54) is 4.31 Å². The SMILES string of the molecule is Cc1cc(NS(=O)(=O)N2CCCCC2)cc2c1NC(=O)C21CCC1. The molecule has 2 N–H and O–H groups in total. The number of hydrogen-bond donors (Lipinski definition) is 2. The number of carbonyl (C=O) groups is 1. The molecular formula is C17H23N3O3S. The fraction of sp³-hybridized carbons (Fsp3) is 0.588. The van der Waals surface area contributed by atoms with Crippen LogP contribution in [0.4, 0.5) is 11.4 Å². The van der Waals surface area contributed by atoms with Gasteiger partial charge in [-0.15, -0.1) is 0 Å². The van der Waals surface area contributed by atoms with Gasteiger partial charge < -0.3 is 5.32 Å². The van der Waals surface area contributed by atoms with Gasteiger partial charge in [0.15, 0.2) is 0 Å². The van der Waals surface area contributed by atoms with E-state index in [2.05, 4.69) is 10.0 Å². The molecule has 0 unspecified atom stereocenters. The predicted octanol–water partition coefficient (Wildman–Crippen LogP) is 2.51. The Hall–Kier alpha value is -1.60. The van der Waals surface area contributed by atoms with Crippen LogP contribution in [0, 0.1) is 6.92 Å². The van der Waals surface area contributed by atoms with Gasteiger partial charge in [-0.25, -0.2) is 0 Å². The Balaban J connectivity index is 1.66. The van der Waals surface area contributed by atoms with Gasteiger partial charge in [0.1, 0.15) is 0 Å². The number of benzene rings is 1. The normalized spacial score (nSPS) is 22.8. The highest BCUT2D eigenvalue weighted by Gasteiger charge is 2.51. The van der Waals surface area contributed by atoms with Gasteiger partial charge >= 0.3 is 10.2 Å². The van der Waals surface area contributed by atoms with Gasteiger partial charge in [0, 0.05) is 18.8 Å². The average Bonchev–Trinajstić information content (AvgIpc) is 2.80. The van der Waals surface area contributed by atoms with E-state index in [0.29, 0.717) is 18.8 Å². The fourth-order valence-electron chi connectivity index (χ4n) is 4.09. The van der Waals surface area contributed by atoms with Crippen molar-refractivity contribution in [2.75, 3.05) is 23.1 Å². The number of aryl methyl sites for hydroxylation is 1. The summed E-state index contributed by atoms with van der Waals surface area (Å²) in [6, 6.07) is 3.65. The lowest BCUT2D eigenvalue weighted by molar-refractivity contribution is -0.123. The Morgan fingerprint density at radius 3 is 2.46 bits per heavy atom. The lowest BCUT2D eigenvalue weighted by atomic mass is 9.65. The molecule has 1 spiro atoms. The van der Waals surface area contributed by atoms with E-state index in [-0.39, 0.29) is 5.91 Å². The molecule has 1 saturated carbocycles. The Kier molecular flexibility index (Phi) is 3.61. The zero-order valence-electron chi connectivity index (χ0n) is 13.9. The van der Waals surface area contributed by atoms with E-state index >= 15 is 0 Å². The van der Waals surface area contributed by atoms with E-state index in [1.54, 1.807) is 6.07 Å². The zero-order chi connectivity index (χ0) is 16.9. The number of rotatable bonds is 3. The van der Waals surface area contributed by atoms with Crippen molar-refractivity contribution in [3.05, 3.63) is 23.3 Å². The maximum atomic E-state index is 12.6. The third-order valence-corrected chi connectivity index (χ3v) is 7.17. The van der Waals surface area contributed by atoms with Crippen LogP contribution in [-0.4, -0.2) is 31.7 Å². The summed E-state index contributed by atoms with van der Waals surface area (Å²) in [5.41, 5.74) is 2.84. The first-order valence-electron chi connectivity index (χ1n) is 8.67. The molecule has 4 rings (SSSR count). The molecule has 1 aliphatic carbocycles. The summed E-state index contributed by atoms with van der Waals surface area (Å²) in [5.74, 6) is 0.0582. The first-order chi connectivity index (χ1) is 11.4. The molecule has 1 saturated heterocycles. The smallest absolute Gasteiger partial charge is 0.301 e. The second-order valence-corrected chi connectivity index (χ2v) is 8.84. The number of piperidine rings is 1. The van der Waals surface area contributed by atoms with Crippen LogP contribution in [0.15, 0.2) is 12.1 Å². The minimum atomic E-state index is -3.53. The van der Waals surface area contributed by atoms with Crippen molar-refractivity contribution in [2.24, 2.45) is 0 Å². The van der Waals surface area contributed by atoms with Gasteiger partial charge in [0.05, 0.1) is 11.1 Å². The number of amides is 1. The number of fused-ring (bicyclic) bond motifs is 2. The largest absolute Gasteiger partial charge is 0.325 e. The number of nitrogens with one attached hydrogen (secondary N) is 2. The maximum absolute atomic E-state index is 12.6. The number of anilines is 2. The van der Waals surface area contributed by atoms with E-state index < -0.39 is 15.6 Å². The molecule has 0 bridgehead atoms. The summed E-state index contributed by atoms with van der Waals surface area (Å²) in [7, 11) is -3.53. The van der Waals surface area contributed by atoms with E-state index in [0.717, 1.165) is 55.3 Å². The molecule has 3 aliphatic rings. The molecule has 24 heavy (non-hydrogen) atoms. The lowest BCUT2D eigenvalue weighted by Crippen LogP contribution is -2.41. The summed E-state index contributed by atoms with van der Waals surface area (Å²) in [5, 5.41) is 2.99. The van der Waals surface area contributed by atoms with Gasteiger partial charge in [-0.2, -0.15) is 12.7 Å². The fourth-order valence-corrected chi connectivity index (χ4v) is 5.37. The van der Waals surface area contributed by atoms with Gasteiger partial charge in [-0.1, -0.05) is 12.8 Å². The van der Waals surface area contributed by atoms with Crippen LogP contribution in [0.2, 0.25) is 0 Å². The second-order valence-electron chi connectivity index (χ2n) is 7.17. The summed E-state index contributed by atoms with van der Waals surface area (Å²) >= 11 is 0. The molecule has 7 heteroatoms. The molecule has 1 aromatic carbocycles. The Labute approximate surface area is 142 Å². The molecule has 0 aromatic heterocycles. The number of hydrogen-bond acceptors (Lipinski definition) is 3. The third-order valence-electron chi connectivity index (χ3n) is 5.63. The molecule has 6 nitrogen and oxygen atoms in total. The Morgan fingerprint density at radius 2 is 1.83 bits per heavy atom. The van der Waals surface area contributed by atoms with Crippen molar-refractivity contribution in [3.63, 3.8) is 0 Å². The van der Waals surface area contributed by atoms with Gasteiger partial charge in [0.2, 0.25) is 5.91 Å². The van der Waals surface area contributed by atoms with Crippen molar-refractivity contribution < 1.29 is 13.2 Å². The molecule has 2 heterocycles. The zero-order valence-corrected chi connectivity index (χ0v) is 14.7. The monoisotopic (exact) mass is 349 g/mol. The van der Waals surface area contributed by atoms with Crippen molar-refractivity contribution in [1.29, 1.82) is 0 Å². The summed E-state index contributed by atoms with van der Waals surface area (Å²) in [6.07, 6.45) is 5.62. The van der Waals surface area contributed by atoms with Crippen LogP contribution in [-0.2, 0) is 20.4 Å². The van der Waals surface area contributed by atoms with Crippen molar-refractivity contribution in [3.8, 4) is 0 Å². The van der Waals surface area contributed by atoms with Crippen molar-refractivity contribution in [2.45, 2.75) is 50.9 Å². The Morgan fingerprint density at radius 1 is 1.12 bits per heavy atom. The van der Waals surface area contributed by atoms with Crippen LogP contribution >= 0.6 is 0 Å². The minimum absolute atomic E-state index is 0.0582. The standard InChI is InChI=1S/C17H23N3O3S/c1-12-10-13(19-24(22,23)20-8-3-2-4-9-20)11-14-15(12)18-16(21)17(14)6-5-7-17/h10-11,19H,2-9H2,1H3,(H,18,21). The van der Waals surface area contributed by atoms with Gasteiger partial charge in [0.25, 0.3) is 0 Å². The van der Waals surface area contributed by atoms with E-state index in [1.807, 2.05) is 13.0 Å². The van der Waals surface area contributed by atoms with Crippen molar-refractivity contribution in [1.82, 2.24) is 4.31 Å². The molecule has 1 aromatic rings. The van der Waals surface area contributed by atoms with Crippen LogP contribution < -0.4 is 10.0 Å². The highest BCUT2D eigenvalue weighted by molar-refractivity contribution is 7.90. The average molecular weight is 349 g/mol. The van der Waals surface area contributed by atoms with Crippen LogP contribution in [0.1, 0.15) is 49.7 Å². The van der Waals surface area contributed by atoms with Crippen LogP contribution in [0.25, 0.3) is 0 Å². The first-order valence-corrected chi connectivity index (χ1v) is 10.1. The topological polar surface area (TPSA) is 78.5 Å². The quantitative estimate of drug-likeness (QED) is 0.880. The summed E-state index contributed by atoms with van der Waals surface area (Å²) in [4.78, 5) is 12.4. The third kappa shape index (κ3) is 2.33. The summed E-state index contributed by atoms with van der Waals surface area (Å²) in [6.45, 7) is 3.06. The molecular weight excluding hydrogens is 326 g/mol. The highest BCUT2D eigenvalue weighted by atomic mass is 32.2. The number of carbonyl (C=O) groups excluding carboxylic acids is 1. The molecule has 2 aliphatic heterocycles. The van der Waals surface area contributed by atoms with Crippen LogP contribution in [0.5, 0.6) is 0 Å². The molecule has 1 amide bonds. The highest BCUT2D eigenvalue weighted by Crippen LogP contribution is 2.52. The maximum Gasteiger partial charge on any atom is 0.301 e. The second kappa shape index (κ2) is 5.46. The molecule has 130 valence electrons. The molecule has 2 fully saturated rings. The summed E-state index contributed by atoms with van der Waals surface area (Å²) < 4.78 is 29.4. The van der Waals surface area contributed by atoms with Crippen molar-refractivity contribution >= 4 is 27.5 Å². The van der Waals surface area contributed by atoms with E-state index in [9.17, 15) is 13.2 Å². The van der Waals surface area contributed by atoms with Gasteiger partial charge in [-0.3, -0.25) is 9.52 Å². The first kappa shape index (κ1) is 15.9. The van der Waals surface area contributed by atoms with Crippen LogP contribution in [0.3, 0.4) is 0 Å². The number of nitrogens with zero attached hydrogens (tertiary/aromatic N) is 1. The van der Waals surface area contributed by atoms with Gasteiger partial charge in [-0.05, 0) is 55.9 Å². The predicted molar refractivity (Wildman–Crippen MR) is 93.3 cm³/mol. The lowest BCUT2D eigenvalue weighted by Gasteiger charge is -2.36. The Bertz CT molecular complexity index is 794.